The van der Waals surface area contributed by atoms with Crippen molar-refractivity contribution in [1.29, 1.82) is 0 Å². The molecule has 0 radical (unpaired) electrons. The molecule has 0 saturated carbocycles. The average Bonchev–Trinajstić information content (AvgIpc) is 2.96. The van der Waals surface area contributed by atoms with E-state index in [-0.39, 0.29) is 16.9 Å². The van der Waals surface area contributed by atoms with E-state index in [0.29, 0.717) is 37.6 Å². The second kappa shape index (κ2) is 13.3. The molecule has 3 heterocycles. The summed E-state index contributed by atoms with van der Waals surface area (Å²) in [6.07, 6.45) is 1.92. The van der Waals surface area contributed by atoms with E-state index in [1.165, 1.54) is 4.31 Å². The molecule has 1 aromatic carbocycles. The fourth-order valence-corrected chi connectivity index (χ4v) is 6.60. The molecule has 11 heteroatoms. The first kappa shape index (κ1) is 32.2. The summed E-state index contributed by atoms with van der Waals surface area (Å²) in [4.78, 5) is 29.4. The van der Waals surface area contributed by atoms with E-state index in [1.54, 1.807) is 35.2 Å². The number of benzene rings is 1. The molecule has 10 nitrogen and oxygen atoms in total. The minimum absolute atomic E-state index is 0.0354. The van der Waals surface area contributed by atoms with E-state index in [0.717, 1.165) is 62.9 Å². The zero-order chi connectivity index (χ0) is 30.5. The van der Waals surface area contributed by atoms with Crippen molar-refractivity contribution in [2.75, 3.05) is 70.3 Å². The lowest BCUT2D eigenvalue weighted by Crippen LogP contribution is -2.53. The van der Waals surface area contributed by atoms with Crippen LogP contribution in [0.3, 0.4) is 0 Å². The highest BCUT2D eigenvalue weighted by Gasteiger charge is 2.30. The number of aromatic nitrogens is 2. The number of nitrogens with zero attached hydrogens (tertiary/aromatic N) is 6. The minimum atomic E-state index is -3.52. The molecular weight excluding hydrogens is 550 g/mol. The number of urea groups is 1. The van der Waals surface area contributed by atoms with Crippen LogP contribution in [0.15, 0.2) is 41.3 Å². The Morgan fingerprint density at radius 2 is 1.48 bits per heavy atom. The number of rotatable bonds is 8. The number of sulfonamides is 1. The van der Waals surface area contributed by atoms with Crippen LogP contribution in [0.4, 0.5) is 10.6 Å². The summed E-state index contributed by atoms with van der Waals surface area (Å²) in [5, 5.41) is 3.02. The molecule has 2 saturated heterocycles. The fourth-order valence-electron chi connectivity index (χ4n) is 5.16. The number of carbonyl (C=O) groups excluding carboxylic acids is 1. The van der Waals surface area contributed by atoms with Gasteiger partial charge in [0.05, 0.1) is 10.6 Å². The van der Waals surface area contributed by atoms with Crippen LogP contribution in [0, 0.1) is 0 Å². The van der Waals surface area contributed by atoms with Crippen molar-refractivity contribution < 1.29 is 13.2 Å². The van der Waals surface area contributed by atoms with Gasteiger partial charge in [0.1, 0.15) is 11.6 Å². The standard InChI is InChI=1S/C31H49N7O3S/c1-30(2,3)26-24-27(34-28(33-26)31(4,5)6)36-18-16-35(17-19-36)15-11-10-14-32-29(39)37-20-22-38(23-21-37)42(40,41)25-12-8-7-9-13-25/h7-9,12-13,24H,10-11,14-23H2,1-6H3,(H,32,39). The number of piperazine rings is 2. The first-order chi connectivity index (χ1) is 19.7. The fraction of sp³-hybridized carbons (Fsp3) is 0.645. The van der Waals surface area contributed by atoms with E-state index in [1.807, 2.05) is 0 Å². The van der Waals surface area contributed by atoms with Gasteiger partial charge in [0, 0.05) is 75.8 Å². The van der Waals surface area contributed by atoms with Crippen molar-refractivity contribution in [3.63, 3.8) is 0 Å². The Balaban J connectivity index is 1.15. The van der Waals surface area contributed by atoms with E-state index >= 15 is 0 Å². The van der Waals surface area contributed by atoms with Crippen molar-refractivity contribution in [3.05, 3.63) is 47.9 Å². The van der Waals surface area contributed by atoms with Crippen molar-refractivity contribution in [2.45, 2.75) is 70.1 Å². The van der Waals surface area contributed by atoms with Gasteiger partial charge in [-0.1, -0.05) is 59.7 Å². The van der Waals surface area contributed by atoms with E-state index < -0.39 is 10.0 Å². The van der Waals surface area contributed by atoms with Crippen molar-refractivity contribution in [1.82, 2.24) is 29.4 Å². The van der Waals surface area contributed by atoms with Crippen LogP contribution >= 0.6 is 0 Å². The van der Waals surface area contributed by atoms with Gasteiger partial charge in [-0.15, -0.1) is 0 Å². The van der Waals surface area contributed by atoms with Crippen molar-refractivity contribution >= 4 is 21.9 Å². The van der Waals surface area contributed by atoms with Gasteiger partial charge < -0.3 is 15.1 Å². The van der Waals surface area contributed by atoms with E-state index in [9.17, 15) is 13.2 Å². The van der Waals surface area contributed by atoms with Gasteiger partial charge in [-0.05, 0) is 31.5 Å². The lowest BCUT2D eigenvalue weighted by molar-refractivity contribution is 0.172. The molecule has 0 bridgehead atoms. The lowest BCUT2D eigenvalue weighted by atomic mass is 9.90. The minimum Gasteiger partial charge on any atom is -0.354 e. The van der Waals surface area contributed by atoms with Gasteiger partial charge in [0.25, 0.3) is 0 Å². The van der Waals surface area contributed by atoms with E-state index in [2.05, 4.69) is 62.7 Å². The Bertz CT molecular complexity index is 1260. The Hall–Kier alpha value is -2.76. The summed E-state index contributed by atoms with van der Waals surface area (Å²) >= 11 is 0. The summed E-state index contributed by atoms with van der Waals surface area (Å²) in [7, 11) is -3.52. The molecule has 2 aromatic rings. The summed E-state index contributed by atoms with van der Waals surface area (Å²) in [6, 6.07) is 10.5. The van der Waals surface area contributed by atoms with E-state index in [4.69, 9.17) is 9.97 Å². The number of carbonyl (C=O) groups is 1. The molecule has 2 amide bonds. The van der Waals surface area contributed by atoms with Crippen LogP contribution in [0.5, 0.6) is 0 Å². The predicted octanol–water partition coefficient (Wildman–Crippen LogP) is 3.69. The van der Waals surface area contributed by atoms with Crippen LogP contribution in [0.25, 0.3) is 0 Å². The molecule has 2 aliphatic heterocycles. The lowest BCUT2D eigenvalue weighted by Gasteiger charge is -2.36. The highest BCUT2D eigenvalue weighted by Crippen LogP contribution is 2.28. The number of amides is 2. The molecule has 232 valence electrons. The first-order valence-electron chi connectivity index (χ1n) is 15.2. The van der Waals surface area contributed by atoms with Gasteiger partial charge >= 0.3 is 6.03 Å². The Morgan fingerprint density at radius 3 is 2.07 bits per heavy atom. The molecule has 1 N–H and O–H groups in total. The molecule has 0 unspecified atom stereocenters. The summed E-state index contributed by atoms with van der Waals surface area (Å²) in [6.45, 7) is 20.0. The van der Waals surface area contributed by atoms with Crippen molar-refractivity contribution in [3.8, 4) is 0 Å². The molecule has 2 aliphatic rings. The van der Waals surface area contributed by atoms with Gasteiger partial charge in [-0.2, -0.15) is 4.31 Å². The molecule has 4 rings (SSSR count). The van der Waals surface area contributed by atoms with Crippen LogP contribution < -0.4 is 10.2 Å². The number of hydrogen-bond donors (Lipinski definition) is 1. The van der Waals surface area contributed by atoms with Gasteiger partial charge in [-0.25, -0.2) is 23.2 Å². The number of hydrogen-bond acceptors (Lipinski definition) is 7. The van der Waals surface area contributed by atoms with Crippen molar-refractivity contribution in [2.24, 2.45) is 0 Å². The summed E-state index contributed by atoms with van der Waals surface area (Å²) < 4.78 is 27.1. The molecule has 0 atom stereocenters. The second-order valence-electron chi connectivity index (χ2n) is 13.4. The number of nitrogens with one attached hydrogen (secondary N) is 1. The highest BCUT2D eigenvalue weighted by molar-refractivity contribution is 7.89. The molecule has 2 fully saturated rings. The van der Waals surface area contributed by atoms with Crippen LogP contribution in [-0.2, 0) is 20.9 Å². The smallest absolute Gasteiger partial charge is 0.317 e. The molecule has 1 aromatic heterocycles. The number of anilines is 1. The normalized spacial score (nSPS) is 17.9. The Morgan fingerprint density at radius 1 is 0.833 bits per heavy atom. The number of unbranched alkanes of at least 4 members (excludes halogenated alkanes) is 1. The summed E-state index contributed by atoms with van der Waals surface area (Å²) in [5.41, 5.74) is 0.942. The zero-order valence-electron chi connectivity index (χ0n) is 26.3. The third kappa shape index (κ3) is 8.20. The Kier molecular flexibility index (Phi) is 10.2. The van der Waals surface area contributed by atoms with Crippen LogP contribution in [0.2, 0.25) is 0 Å². The molecule has 0 aliphatic carbocycles. The molecular formula is C31H49N7O3S. The maximum absolute atomic E-state index is 12.8. The average molecular weight is 600 g/mol. The van der Waals surface area contributed by atoms with Gasteiger partial charge in [-0.3, -0.25) is 4.90 Å². The zero-order valence-corrected chi connectivity index (χ0v) is 27.1. The van der Waals surface area contributed by atoms with Gasteiger partial charge in [0.2, 0.25) is 10.0 Å². The first-order valence-corrected chi connectivity index (χ1v) is 16.6. The predicted molar refractivity (Wildman–Crippen MR) is 167 cm³/mol. The third-order valence-electron chi connectivity index (χ3n) is 7.93. The second-order valence-corrected chi connectivity index (χ2v) is 15.3. The van der Waals surface area contributed by atoms with Gasteiger partial charge in [0.15, 0.2) is 0 Å². The Labute approximate surface area is 252 Å². The molecule has 42 heavy (non-hydrogen) atoms. The quantitative estimate of drug-likeness (QED) is 0.462. The third-order valence-corrected chi connectivity index (χ3v) is 9.85. The maximum atomic E-state index is 12.8. The van der Waals surface area contributed by atoms with Crippen LogP contribution in [0.1, 0.15) is 65.9 Å². The SMILES string of the molecule is CC(C)(C)c1cc(N2CCN(CCCCNC(=O)N3CCN(S(=O)(=O)c4ccccc4)CC3)CC2)nc(C(C)(C)C)n1. The van der Waals surface area contributed by atoms with Crippen LogP contribution in [-0.4, -0.2) is 104 Å². The topological polar surface area (TPSA) is 102 Å². The molecule has 0 spiro atoms. The summed E-state index contributed by atoms with van der Waals surface area (Å²) in [5.74, 6) is 1.93. The highest BCUT2D eigenvalue weighted by atomic mass is 32.2. The maximum Gasteiger partial charge on any atom is 0.317 e. The largest absolute Gasteiger partial charge is 0.354 e. The monoisotopic (exact) mass is 599 g/mol.